The number of aromatic nitrogens is 2. The molecule has 0 unspecified atom stereocenters. The normalized spacial score (nSPS) is 10.7. The summed E-state index contributed by atoms with van der Waals surface area (Å²) in [5.74, 6) is -1.34. The third kappa shape index (κ3) is 4.11. The lowest BCUT2D eigenvalue weighted by molar-refractivity contribution is 0.0845. The molecule has 3 aromatic carbocycles. The van der Waals surface area contributed by atoms with E-state index < -0.39 is 11.8 Å². The van der Waals surface area contributed by atoms with E-state index in [0.717, 1.165) is 16.3 Å². The van der Waals surface area contributed by atoms with E-state index >= 15 is 0 Å². The largest absolute Gasteiger partial charge is 0.507 e. The van der Waals surface area contributed by atoms with Crippen LogP contribution in [-0.4, -0.2) is 26.7 Å². The van der Waals surface area contributed by atoms with Crippen molar-refractivity contribution in [2.45, 2.75) is 6.54 Å². The Morgan fingerprint density at radius 1 is 0.967 bits per heavy atom. The second-order valence-electron chi connectivity index (χ2n) is 6.64. The Morgan fingerprint density at radius 3 is 2.40 bits per heavy atom. The van der Waals surface area contributed by atoms with Gasteiger partial charge in [-0.05, 0) is 34.5 Å². The van der Waals surface area contributed by atoms with Crippen molar-refractivity contribution < 1.29 is 14.7 Å². The van der Waals surface area contributed by atoms with Crippen molar-refractivity contribution in [3.05, 3.63) is 94.8 Å². The average Bonchev–Trinajstić information content (AvgIpc) is 3.21. The Bertz CT molecular complexity index is 1250. The number of aromatic hydroxyl groups is 1. The number of nitrogens with one attached hydrogen (secondary N) is 2. The number of hydrogen-bond donors (Lipinski definition) is 3. The summed E-state index contributed by atoms with van der Waals surface area (Å²) in [6, 6.07) is 17.8. The molecule has 0 aliphatic rings. The number of halogens is 1. The van der Waals surface area contributed by atoms with E-state index in [1.165, 1.54) is 12.3 Å². The van der Waals surface area contributed by atoms with Crippen LogP contribution in [0.15, 0.2) is 73.1 Å². The minimum atomic E-state index is -0.630. The van der Waals surface area contributed by atoms with Crippen LogP contribution in [0.1, 0.15) is 26.3 Å². The van der Waals surface area contributed by atoms with Gasteiger partial charge in [-0.15, -0.1) is 0 Å². The molecular formula is C22H17ClN4O3. The van der Waals surface area contributed by atoms with Gasteiger partial charge >= 0.3 is 0 Å². The molecule has 0 atom stereocenters. The number of fused-ring (bicyclic) bond motifs is 1. The first kappa shape index (κ1) is 19.5. The number of phenols is 1. The molecule has 0 saturated carbocycles. The van der Waals surface area contributed by atoms with Gasteiger partial charge in [-0.25, -0.2) is 0 Å². The number of phenolic OH excluding ortho intramolecular Hbond substituents is 1. The Labute approximate surface area is 176 Å². The molecule has 0 saturated heterocycles. The van der Waals surface area contributed by atoms with Crippen molar-refractivity contribution in [2.75, 3.05) is 0 Å². The molecule has 7 nitrogen and oxygen atoms in total. The second kappa shape index (κ2) is 8.26. The number of amides is 2. The van der Waals surface area contributed by atoms with Gasteiger partial charge in [0, 0.05) is 11.2 Å². The SMILES string of the molecule is O=C(NNC(=O)c1cc2ccccc2cc1O)c1cnn(Cc2ccccc2Cl)c1. The zero-order chi connectivity index (χ0) is 21.1. The fourth-order valence-electron chi connectivity index (χ4n) is 3.03. The number of carbonyl (C=O) groups excluding carboxylic acids is 2. The summed E-state index contributed by atoms with van der Waals surface area (Å²) in [4.78, 5) is 24.8. The second-order valence-corrected chi connectivity index (χ2v) is 7.05. The lowest BCUT2D eigenvalue weighted by Crippen LogP contribution is -2.41. The van der Waals surface area contributed by atoms with Gasteiger partial charge in [0.1, 0.15) is 5.75 Å². The monoisotopic (exact) mass is 420 g/mol. The number of benzene rings is 3. The van der Waals surface area contributed by atoms with Crippen molar-refractivity contribution in [3.63, 3.8) is 0 Å². The van der Waals surface area contributed by atoms with Crippen molar-refractivity contribution in [2.24, 2.45) is 0 Å². The van der Waals surface area contributed by atoms with Crippen LogP contribution in [0.2, 0.25) is 5.02 Å². The summed E-state index contributed by atoms with van der Waals surface area (Å²) in [6.07, 6.45) is 2.95. The van der Waals surface area contributed by atoms with E-state index in [4.69, 9.17) is 11.6 Å². The molecule has 4 aromatic rings. The predicted octanol–water partition coefficient (Wildman–Crippen LogP) is 3.52. The molecule has 1 aromatic heterocycles. The summed E-state index contributed by atoms with van der Waals surface area (Å²) in [5, 5.41) is 16.5. The van der Waals surface area contributed by atoms with E-state index in [-0.39, 0.29) is 16.9 Å². The number of carbonyl (C=O) groups is 2. The number of rotatable bonds is 4. The van der Waals surface area contributed by atoms with Crippen LogP contribution < -0.4 is 10.9 Å². The third-order valence-corrected chi connectivity index (χ3v) is 4.95. The smallest absolute Gasteiger partial charge is 0.273 e. The lowest BCUT2D eigenvalue weighted by Gasteiger charge is -2.09. The van der Waals surface area contributed by atoms with Gasteiger partial charge in [-0.2, -0.15) is 5.10 Å². The third-order valence-electron chi connectivity index (χ3n) is 4.58. The predicted molar refractivity (Wildman–Crippen MR) is 113 cm³/mol. The van der Waals surface area contributed by atoms with Crippen LogP contribution in [0.5, 0.6) is 5.75 Å². The molecular weight excluding hydrogens is 404 g/mol. The van der Waals surface area contributed by atoms with Crippen LogP contribution in [0.3, 0.4) is 0 Å². The van der Waals surface area contributed by atoms with E-state index in [1.807, 2.05) is 42.5 Å². The van der Waals surface area contributed by atoms with Crippen LogP contribution >= 0.6 is 11.6 Å². The zero-order valence-corrected chi connectivity index (χ0v) is 16.4. The first-order chi connectivity index (χ1) is 14.5. The van der Waals surface area contributed by atoms with Gasteiger partial charge in [0.2, 0.25) is 0 Å². The fraction of sp³-hybridized carbons (Fsp3) is 0.0455. The summed E-state index contributed by atoms with van der Waals surface area (Å²) in [5.41, 5.74) is 5.84. The fourth-order valence-corrected chi connectivity index (χ4v) is 3.23. The molecule has 0 spiro atoms. The molecule has 0 aliphatic heterocycles. The van der Waals surface area contributed by atoms with Gasteiger partial charge in [-0.1, -0.05) is 54.1 Å². The van der Waals surface area contributed by atoms with Crippen molar-refractivity contribution in [1.82, 2.24) is 20.6 Å². The van der Waals surface area contributed by atoms with Crippen LogP contribution in [0.4, 0.5) is 0 Å². The summed E-state index contributed by atoms with van der Waals surface area (Å²) in [6.45, 7) is 0.407. The highest BCUT2D eigenvalue weighted by Crippen LogP contribution is 2.24. The van der Waals surface area contributed by atoms with Gasteiger partial charge < -0.3 is 5.11 Å². The van der Waals surface area contributed by atoms with Gasteiger partial charge in [-0.3, -0.25) is 25.1 Å². The van der Waals surface area contributed by atoms with E-state index in [9.17, 15) is 14.7 Å². The maximum atomic E-state index is 12.4. The van der Waals surface area contributed by atoms with Crippen LogP contribution in [0.25, 0.3) is 10.8 Å². The quantitative estimate of drug-likeness (QED) is 0.440. The molecule has 1 heterocycles. The Hall–Kier alpha value is -3.84. The first-order valence-corrected chi connectivity index (χ1v) is 9.47. The molecule has 0 fully saturated rings. The number of hydrogen-bond acceptors (Lipinski definition) is 4. The molecule has 0 radical (unpaired) electrons. The maximum absolute atomic E-state index is 12.4. The Balaban J connectivity index is 1.41. The van der Waals surface area contributed by atoms with Gasteiger partial charge in [0.05, 0.1) is 23.9 Å². The molecule has 8 heteroatoms. The molecule has 2 amide bonds. The molecule has 150 valence electrons. The van der Waals surface area contributed by atoms with Crippen LogP contribution in [0, 0.1) is 0 Å². The number of hydrazine groups is 1. The minimum Gasteiger partial charge on any atom is -0.507 e. The van der Waals surface area contributed by atoms with Crippen molar-refractivity contribution in [1.29, 1.82) is 0 Å². The highest BCUT2D eigenvalue weighted by atomic mass is 35.5. The van der Waals surface area contributed by atoms with E-state index in [0.29, 0.717) is 11.6 Å². The average molecular weight is 421 g/mol. The van der Waals surface area contributed by atoms with Gasteiger partial charge in [0.25, 0.3) is 11.8 Å². The van der Waals surface area contributed by atoms with Crippen LogP contribution in [-0.2, 0) is 6.54 Å². The Morgan fingerprint density at radius 2 is 1.63 bits per heavy atom. The highest BCUT2D eigenvalue weighted by Gasteiger charge is 2.15. The molecule has 30 heavy (non-hydrogen) atoms. The molecule has 3 N–H and O–H groups in total. The Kier molecular flexibility index (Phi) is 5.36. The summed E-state index contributed by atoms with van der Waals surface area (Å²) < 4.78 is 1.58. The van der Waals surface area contributed by atoms with E-state index in [2.05, 4.69) is 16.0 Å². The molecule has 4 rings (SSSR count). The topological polar surface area (TPSA) is 96.2 Å². The molecule has 0 bridgehead atoms. The highest BCUT2D eigenvalue weighted by molar-refractivity contribution is 6.31. The van der Waals surface area contributed by atoms with Gasteiger partial charge in [0.15, 0.2) is 0 Å². The van der Waals surface area contributed by atoms with Crippen molar-refractivity contribution >= 4 is 34.2 Å². The minimum absolute atomic E-state index is 0.0587. The van der Waals surface area contributed by atoms with Crippen molar-refractivity contribution in [3.8, 4) is 5.75 Å². The first-order valence-electron chi connectivity index (χ1n) is 9.09. The maximum Gasteiger partial charge on any atom is 0.273 e. The standard InChI is InChI=1S/C22H17ClN4O3/c23-19-8-4-3-7-16(19)12-27-13-17(11-24-27)21(29)25-26-22(30)18-9-14-5-1-2-6-15(14)10-20(18)28/h1-11,13,28H,12H2,(H,25,29)(H,26,30). The number of nitrogens with zero attached hydrogens (tertiary/aromatic N) is 2. The summed E-state index contributed by atoms with van der Waals surface area (Å²) >= 11 is 6.15. The molecule has 0 aliphatic carbocycles. The van der Waals surface area contributed by atoms with E-state index in [1.54, 1.807) is 23.0 Å². The zero-order valence-electron chi connectivity index (χ0n) is 15.7. The lowest BCUT2D eigenvalue weighted by atomic mass is 10.1. The summed E-state index contributed by atoms with van der Waals surface area (Å²) in [7, 11) is 0.